The summed E-state index contributed by atoms with van der Waals surface area (Å²) in [6, 6.07) is 14.8. The van der Waals surface area contributed by atoms with Crippen molar-refractivity contribution in [3.63, 3.8) is 0 Å². The van der Waals surface area contributed by atoms with E-state index in [4.69, 9.17) is 9.47 Å². The fourth-order valence-electron chi connectivity index (χ4n) is 3.44. The highest BCUT2D eigenvalue weighted by molar-refractivity contribution is 5.78. The highest BCUT2D eigenvalue weighted by Gasteiger charge is 2.22. The van der Waals surface area contributed by atoms with Crippen molar-refractivity contribution in [2.75, 3.05) is 32.8 Å². The highest BCUT2D eigenvalue weighted by atomic mass is 16.6. The van der Waals surface area contributed by atoms with Gasteiger partial charge in [0.2, 0.25) is 5.91 Å². The zero-order valence-corrected chi connectivity index (χ0v) is 15.6. The van der Waals surface area contributed by atoms with Crippen molar-refractivity contribution in [3.05, 3.63) is 60.2 Å². The first-order valence-electron chi connectivity index (χ1n) is 9.53. The van der Waals surface area contributed by atoms with Crippen molar-refractivity contribution in [1.82, 2.24) is 10.2 Å². The Morgan fingerprint density at radius 3 is 2.68 bits per heavy atom. The van der Waals surface area contributed by atoms with Crippen LogP contribution in [0, 0.1) is 0 Å². The van der Waals surface area contributed by atoms with Crippen LogP contribution in [-0.2, 0) is 4.79 Å². The predicted molar refractivity (Wildman–Crippen MR) is 107 cm³/mol. The molecule has 0 saturated heterocycles. The van der Waals surface area contributed by atoms with E-state index in [1.54, 1.807) is 12.1 Å². The van der Waals surface area contributed by atoms with E-state index in [-0.39, 0.29) is 17.8 Å². The van der Waals surface area contributed by atoms with E-state index >= 15 is 0 Å². The minimum atomic E-state index is -0.179. The van der Waals surface area contributed by atoms with Crippen molar-refractivity contribution in [2.45, 2.75) is 12.5 Å². The topological polar surface area (TPSA) is 71.0 Å². The first kappa shape index (κ1) is 18.4. The van der Waals surface area contributed by atoms with Gasteiger partial charge in [0.25, 0.3) is 0 Å². The fraction of sp³-hybridized carbons (Fsp3) is 0.318. The van der Waals surface area contributed by atoms with E-state index < -0.39 is 0 Å². The summed E-state index contributed by atoms with van der Waals surface area (Å²) in [6.07, 6.45) is 2.85. The summed E-state index contributed by atoms with van der Waals surface area (Å²) in [5, 5.41) is 12.3. The number of hydrogen-bond donors (Lipinski definition) is 2. The highest BCUT2D eigenvalue weighted by Crippen LogP contribution is 2.30. The summed E-state index contributed by atoms with van der Waals surface area (Å²) in [5.74, 6) is 1.73. The number of benzene rings is 2. The monoisotopic (exact) mass is 380 g/mol. The van der Waals surface area contributed by atoms with Gasteiger partial charge in [-0.25, -0.2) is 0 Å². The number of para-hydroxylation sites is 2. The maximum absolute atomic E-state index is 12.3. The normalized spacial score (nSPS) is 19.0. The molecule has 6 nitrogen and oxygen atoms in total. The largest absolute Gasteiger partial charge is 0.508 e. The van der Waals surface area contributed by atoms with Crippen molar-refractivity contribution < 1.29 is 19.4 Å². The molecule has 0 fully saturated rings. The Morgan fingerprint density at radius 2 is 1.93 bits per heavy atom. The van der Waals surface area contributed by atoms with Crippen LogP contribution < -0.4 is 14.8 Å². The smallest absolute Gasteiger partial charge is 0.234 e. The zero-order chi connectivity index (χ0) is 19.3. The number of carbonyl (C=O) groups excluding carboxylic acids is 1. The van der Waals surface area contributed by atoms with E-state index in [1.807, 2.05) is 36.4 Å². The summed E-state index contributed by atoms with van der Waals surface area (Å²) in [4.78, 5) is 14.4. The Kier molecular flexibility index (Phi) is 5.48. The number of nitrogens with one attached hydrogen (secondary N) is 1. The second kappa shape index (κ2) is 8.35. The van der Waals surface area contributed by atoms with Crippen molar-refractivity contribution in [1.29, 1.82) is 0 Å². The second-order valence-corrected chi connectivity index (χ2v) is 7.06. The summed E-state index contributed by atoms with van der Waals surface area (Å²) >= 11 is 0. The van der Waals surface area contributed by atoms with E-state index in [9.17, 15) is 9.90 Å². The molecule has 0 radical (unpaired) electrons. The van der Waals surface area contributed by atoms with Crippen LogP contribution in [0.25, 0.3) is 5.57 Å². The molecule has 0 aliphatic carbocycles. The maximum Gasteiger partial charge on any atom is 0.234 e. The lowest BCUT2D eigenvalue weighted by Crippen LogP contribution is -2.45. The molecule has 28 heavy (non-hydrogen) atoms. The number of phenols is 1. The molecule has 0 aromatic heterocycles. The molecule has 2 aliphatic heterocycles. The van der Waals surface area contributed by atoms with Crippen LogP contribution in [-0.4, -0.2) is 54.8 Å². The van der Waals surface area contributed by atoms with Crippen molar-refractivity contribution >= 4 is 11.5 Å². The number of amides is 1. The van der Waals surface area contributed by atoms with Crippen LogP contribution in [0.3, 0.4) is 0 Å². The summed E-state index contributed by atoms with van der Waals surface area (Å²) < 4.78 is 11.5. The maximum atomic E-state index is 12.3. The van der Waals surface area contributed by atoms with Crippen molar-refractivity contribution in [3.8, 4) is 17.2 Å². The van der Waals surface area contributed by atoms with Crippen LogP contribution in [0.1, 0.15) is 12.0 Å². The molecular formula is C22H24N2O4. The molecule has 4 rings (SSSR count). The van der Waals surface area contributed by atoms with Crippen LogP contribution in [0.2, 0.25) is 0 Å². The average molecular weight is 380 g/mol. The van der Waals surface area contributed by atoms with E-state index in [0.29, 0.717) is 19.7 Å². The van der Waals surface area contributed by atoms with Gasteiger partial charge in [0.05, 0.1) is 13.1 Å². The molecule has 0 bridgehead atoms. The third-order valence-electron chi connectivity index (χ3n) is 4.99. The van der Waals surface area contributed by atoms with E-state index in [0.717, 1.165) is 36.6 Å². The minimum absolute atomic E-state index is 0.0102. The van der Waals surface area contributed by atoms with E-state index in [2.05, 4.69) is 16.3 Å². The third kappa shape index (κ3) is 4.46. The Balaban J connectivity index is 1.22. The summed E-state index contributed by atoms with van der Waals surface area (Å²) in [6.45, 7) is 2.79. The number of fused-ring (bicyclic) bond motifs is 1. The van der Waals surface area contributed by atoms with Gasteiger partial charge in [-0.1, -0.05) is 30.3 Å². The quantitative estimate of drug-likeness (QED) is 0.834. The van der Waals surface area contributed by atoms with Crippen molar-refractivity contribution in [2.24, 2.45) is 0 Å². The molecule has 2 aromatic carbocycles. The molecule has 1 amide bonds. The van der Waals surface area contributed by atoms with Gasteiger partial charge in [-0.15, -0.1) is 0 Å². The Morgan fingerprint density at radius 1 is 1.14 bits per heavy atom. The van der Waals surface area contributed by atoms with Gasteiger partial charge in [-0.2, -0.15) is 0 Å². The number of carbonyl (C=O) groups is 1. The number of nitrogens with zero attached hydrogens (tertiary/aromatic N) is 1. The van der Waals surface area contributed by atoms with E-state index in [1.165, 1.54) is 5.57 Å². The molecular weight excluding hydrogens is 356 g/mol. The number of hydrogen-bond acceptors (Lipinski definition) is 5. The fourth-order valence-corrected chi connectivity index (χ4v) is 3.44. The molecule has 146 valence electrons. The summed E-state index contributed by atoms with van der Waals surface area (Å²) in [7, 11) is 0. The average Bonchev–Trinajstić information content (AvgIpc) is 2.73. The third-order valence-corrected chi connectivity index (χ3v) is 4.99. The van der Waals surface area contributed by atoms with Gasteiger partial charge in [0.1, 0.15) is 18.5 Å². The lowest BCUT2D eigenvalue weighted by molar-refractivity contribution is -0.122. The zero-order valence-electron chi connectivity index (χ0n) is 15.6. The Hall–Kier alpha value is -2.99. The van der Waals surface area contributed by atoms with Gasteiger partial charge in [-0.3, -0.25) is 9.69 Å². The minimum Gasteiger partial charge on any atom is -0.508 e. The van der Waals surface area contributed by atoms with Gasteiger partial charge < -0.3 is 19.9 Å². The van der Waals surface area contributed by atoms with Gasteiger partial charge in [-0.05, 0) is 41.8 Å². The lowest BCUT2D eigenvalue weighted by atomic mass is 9.99. The van der Waals surface area contributed by atoms with Gasteiger partial charge >= 0.3 is 0 Å². The predicted octanol–water partition coefficient (Wildman–Crippen LogP) is 2.44. The molecule has 0 saturated carbocycles. The number of ether oxygens (including phenoxy) is 2. The molecule has 2 aromatic rings. The SMILES string of the molecule is O=C(CN1CC=C(c2ccc(O)cc2)CC1)NCC1COc2ccccc2O1. The molecule has 2 aliphatic rings. The Bertz CT molecular complexity index is 863. The van der Waals surface area contributed by atoms with Crippen LogP contribution in [0.15, 0.2) is 54.6 Å². The van der Waals surface area contributed by atoms with Crippen LogP contribution >= 0.6 is 0 Å². The summed E-state index contributed by atoms with van der Waals surface area (Å²) in [5.41, 5.74) is 2.37. The molecule has 1 atom stereocenters. The first-order valence-corrected chi connectivity index (χ1v) is 9.53. The van der Waals surface area contributed by atoms with Gasteiger partial charge in [0.15, 0.2) is 11.5 Å². The molecule has 0 spiro atoms. The molecule has 2 heterocycles. The number of aromatic hydroxyl groups is 1. The first-order chi connectivity index (χ1) is 13.7. The molecule has 6 heteroatoms. The number of phenolic OH excluding ortho intramolecular Hbond substituents is 1. The second-order valence-electron chi connectivity index (χ2n) is 7.06. The number of rotatable bonds is 5. The molecule has 1 unspecified atom stereocenters. The van der Waals surface area contributed by atoms with Crippen LogP contribution in [0.4, 0.5) is 0 Å². The lowest BCUT2D eigenvalue weighted by Gasteiger charge is -2.28. The standard InChI is InChI=1S/C22H24N2O4/c25-18-7-5-16(6-8-18)17-9-11-24(12-10-17)14-22(26)23-13-19-15-27-20-3-1-2-4-21(20)28-19/h1-9,19,25H,10-15H2,(H,23,26). The molecule has 2 N–H and O–H groups in total. The van der Waals surface area contributed by atoms with Gasteiger partial charge in [0, 0.05) is 13.1 Å². The Labute approximate surface area is 164 Å². The van der Waals surface area contributed by atoms with Crippen LogP contribution in [0.5, 0.6) is 17.2 Å².